The summed E-state index contributed by atoms with van der Waals surface area (Å²) in [5.41, 5.74) is 1.97. The third-order valence-electron chi connectivity index (χ3n) is 6.12. The molecule has 0 saturated carbocycles. The maximum atomic E-state index is 13.1. The molecular weight excluding hydrogens is 368 g/mol. The molecule has 3 aliphatic rings. The molecule has 2 atom stereocenters. The number of carbonyl (C=O) groups excluding carboxylic acids is 3. The van der Waals surface area contributed by atoms with Crippen molar-refractivity contribution >= 4 is 17.7 Å². The molecule has 2 bridgehead atoms. The first-order valence-corrected chi connectivity index (χ1v) is 10.0. The number of likely N-dealkylation sites (tertiary alicyclic amines) is 1. The molecule has 0 aliphatic carbocycles. The summed E-state index contributed by atoms with van der Waals surface area (Å²) in [7, 11) is 0. The monoisotopic (exact) mass is 390 g/mol. The van der Waals surface area contributed by atoms with Crippen LogP contribution in [0.2, 0.25) is 0 Å². The molecule has 2 fully saturated rings. The predicted octanol–water partition coefficient (Wildman–Crippen LogP) is 1.84. The first kappa shape index (κ1) is 18.0. The van der Waals surface area contributed by atoms with E-state index < -0.39 is 0 Å². The molecule has 1 aromatic carbocycles. The Kier molecular flexibility index (Phi) is 4.39. The van der Waals surface area contributed by atoms with E-state index in [1.165, 1.54) is 11.3 Å². The molecule has 1 aromatic heterocycles. The number of benzene rings is 1. The summed E-state index contributed by atoms with van der Waals surface area (Å²) in [6, 6.07) is 9.26. The normalized spacial score (nSPS) is 23.3. The van der Waals surface area contributed by atoms with Crippen molar-refractivity contribution in [2.75, 3.05) is 13.1 Å². The van der Waals surface area contributed by atoms with Crippen LogP contribution < -0.4 is 5.32 Å². The lowest BCUT2D eigenvalue weighted by Gasteiger charge is -2.24. The molecule has 148 valence electrons. The van der Waals surface area contributed by atoms with Crippen LogP contribution in [-0.4, -0.2) is 57.7 Å². The third kappa shape index (κ3) is 3.21. The van der Waals surface area contributed by atoms with Crippen molar-refractivity contribution in [2.24, 2.45) is 0 Å². The van der Waals surface area contributed by atoms with Gasteiger partial charge in [-0.05, 0) is 55.2 Å². The van der Waals surface area contributed by atoms with Crippen LogP contribution in [0.1, 0.15) is 55.9 Å². The van der Waals surface area contributed by atoms with Gasteiger partial charge in [0, 0.05) is 43.1 Å². The van der Waals surface area contributed by atoms with Crippen LogP contribution >= 0.6 is 0 Å². The molecule has 29 heavy (non-hydrogen) atoms. The first-order valence-electron chi connectivity index (χ1n) is 10.0. The zero-order valence-electron chi connectivity index (χ0n) is 16.0. The molecule has 2 aromatic rings. The van der Waals surface area contributed by atoms with Crippen molar-refractivity contribution in [3.8, 4) is 0 Å². The molecule has 5 rings (SSSR count). The number of hydrogen-bond donors (Lipinski definition) is 1. The standard InChI is InChI=1S/C22H22N4O3/c27-20(25-10-7-16-2-3-17(13-25)24-16)15-1-4-18-19(11-15)22(29)26(21(18)28)12-14-5-8-23-9-6-14/h1,4-6,8-9,11,16-17,24H,2-3,7,10,12-13H2. The van der Waals surface area contributed by atoms with Gasteiger partial charge in [-0.2, -0.15) is 0 Å². The lowest BCUT2D eigenvalue weighted by atomic mass is 10.0. The maximum absolute atomic E-state index is 13.1. The van der Waals surface area contributed by atoms with Gasteiger partial charge in [-0.15, -0.1) is 0 Å². The van der Waals surface area contributed by atoms with Gasteiger partial charge < -0.3 is 10.2 Å². The van der Waals surface area contributed by atoms with Gasteiger partial charge in [-0.25, -0.2) is 0 Å². The summed E-state index contributed by atoms with van der Waals surface area (Å²) >= 11 is 0. The lowest BCUT2D eigenvalue weighted by Crippen LogP contribution is -2.39. The Morgan fingerprint density at radius 2 is 1.76 bits per heavy atom. The molecule has 7 nitrogen and oxygen atoms in total. The number of fused-ring (bicyclic) bond motifs is 3. The number of amides is 3. The van der Waals surface area contributed by atoms with Crippen LogP contribution in [0.3, 0.4) is 0 Å². The van der Waals surface area contributed by atoms with Crippen LogP contribution in [0.15, 0.2) is 42.7 Å². The van der Waals surface area contributed by atoms with Crippen LogP contribution in [0.5, 0.6) is 0 Å². The van der Waals surface area contributed by atoms with Gasteiger partial charge in [0.2, 0.25) is 0 Å². The summed E-state index contributed by atoms with van der Waals surface area (Å²) in [6.45, 7) is 1.59. The Morgan fingerprint density at radius 1 is 1.00 bits per heavy atom. The second kappa shape index (κ2) is 7.08. The Bertz CT molecular complexity index is 991. The van der Waals surface area contributed by atoms with E-state index in [4.69, 9.17) is 0 Å². The number of hydrogen-bond acceptors (Lipinski definition) is 5. The van der Waals surface area contributed by atoms with E-state index in [2.05, 4.69) is 10.3 Å². The van der Waals surface area contributed by atoms with Crippen LogP contribution in [0.4, 0.5) is 0 Å². The average Bonchev–Trinajstić information content (AvgIpc) is 3.19. The summed E-state index contributed by atoms with van der Waals surface area (Å²) in [6.07, 6.45) is 6.48. The fourth-order valence-electron chi connectivity index (χ4n) is 4.55. The third-order valence-corrected chi connectivity index (χ3v) is 6.12. The minimum absolute atomic E-state index is 0.0741. The molecule has 3 aliphatic heterocycles. The van der Waals surface area contributed by atoms with E-state index in [0.717, 1.165) is 18.4 Å². The minimum atomic E-state index is -0.354. The summed E-state index contributed by atoms with van der Waals surface area (Å²) in [5, 5.41) is 3.57. The number of pyridine rings is 1. The highest BCUT2D eigenvalue weighted by Crippen LogP contribution is 2.27. The summed E-state index contributed by atoms with van der Waals surface area (Å²) in [5.74, 6) is -0.750. The molecule has 4 heterocycles. The fourth-order valence-corrected chi connectivity index (χ4v) is 4.55. The van der Waals surface area contributed by atoms with Gasteiger partial charge >= 0.3 is 0 Å². The number of imide groups is 1. The Balaban J connectivity index is 1.37. The molecule has 1 N–H and O–H groups in total. The Morgan fingerprint density at radius 3 is 2.59 bits per heavy atom. The van der Waals surface area contributed by atoms with Crippen molar-refractivity contribution in [1.29, 1.82) is 0 Å². The van der Waals surface area contributed by atoms with Crippen molar-refractivity contribution < 1.29 is 14.4 Å². The van der Waals surface area contributed by atoms with E-state index in [1.54, 1.807) is 42.7 Å². The Labute approximate surface area is 168 Å². The number of nitrogens with one attached hydrogen (secondary N) is 1. The molecule has 3 amide bonds. The number of nitrogens with zero attached hydrogens (tertiary/aromatic N) is 3. The van der Waals surface area contributed by atoms with Crippen molar-refractivity contribution in [1.82, 2.24) is 20.1 Å². The zero-order chi connectivity index (χ0) is 20.0. The highest BCUT2D eigenvalue weighted by molar-refractivity contribution is 6.22. The highest BCUT2D eigenvalue weighted by atomic mass is 16.2. The van der Waals surface area contributed by atoms with E-state index in [0.29, 0.717) is 41.9 Å². The molecule has 2 saturated heterocycles. The zero-order valence-corrected chi connectivity index (χ0v) is 16.0. The van der Waals surface area contributed by atoms with Crippen LogP contribution in [0.25, 0.3) is 0 Å². The second-order valence-electron chi connectivity index (χ2n) is 7.99. The second-order valence-corrected chi connectivity index (χ2v) is 7.99. The van der Waals surface area contributed by atoms with Crippen molar-refractivity contribution in [2.45, 2.75) is 37.9 Å². The number of aromatic nitrogens is 1. The van der Waals surface area contributed by atoms with E-state index in [1.807, 2.05) is 4.90 Å². The number of carbonyl (C=O) groups is 3. The van der Waals surface area contributed by atoms with Gasteiger partial charge in [0.1, 0.15) is 0 Å². The topological polar surface area (TPSA) is 82.6 Å². The van der Waals surface area contributed by atoms with Gasteiger partial charge in [0.05, 0.1) is 17.7 Å². The van der Waals surface area contributed by atoms with E-state index in [9.17, 15) is 14.4 Å². The molecule has 7 heteroatoms. The van der Waals surface area contributed by atoms with Gasteiger partial charge in [0.25, 0.3) is 17.7 Å². The Hall–Kier alpha value is -3.06. The van der Waals surface area contributed by atoms with Crippen molar-refractivity contribution in [3.63, 3.8) is 0 Å². The van der Waals surface area contributed by atoms with Gasteiger partial charge in [0.15, 0.2) is 0 Å². The lowest BCUT2D eigenvalue weighted by molar-refractivity contribution is 0.0642. The maximum Gasteiger partial charge on any atom is 0.261 e. The smallest absolute Gasteiger partial charge is 0.261 e. The quantitative estimate of drug-likeness (QED) is 0.809. The molecule has 0 radical (unpaired) electrons. The van der Waals surface area contributed by atoms with E-state index >= 15 is 0 Å². The number of rotatable bonds is 3. The SMILES string of the molecule is O=C(c1ccc2c(c1)C(=O)N(Cc1ccncc1)C2=O)N1CCC2CCC(C1)N2. The van der Waals surface area contributed by atoms with Crippen LogP contribution in [0, 0.1) is 0 Å². The predicted molar refractivity (Wildman–Crippen MR) is 105 cm³/mol. The summed E-state index contributed by atoms with van der Waals surface area (Å²) < 4.78 is 0. The van der Waals surface area contributed by atoms with Gasteiger partial charge in [-0.3, -0.25) is 24.3 Å². The largest absolute Gasteiger partial charge is 0.337 e. The molecular formula is C22H22N4O3. The van der Waals surface area contributed by atoms with Crippen LogP contribution in [-0.2, 0) is 6.54 Å². The fraction of sp³-hybridized carbons (Fsp3) is 0.364. The van der Waals surface area contributed by atoms with Gasteiger partial charge in [-0.1, -0.05) is 0 Å². The minimum Gasteiger partial charge on any atom is -0.337 e. The summed E-state index contributed by atoms with van der Waals surface area (Å²) in [4.78, 5) is 45.7. The first-order chi connectivity index (χ1) is 14.1. The molecule has 0 spiro atoms. The average molecular weight is 390 g/mol. The van der Waals surface area contributed by atoms with E-state index in [-0.39, 0.29) is 24.3 Å². The molecule has 2 unspecified atom stereocenters. The highest BCUT2D eigenvalue weighted by Gasteiger charge is 2.37. The van der Waals surface area contributed by atoms with Crippen molar-refractivity contribution in [3.05, 3.63) is 65.0 Å².